The third kappa shape index (κ3) is 4.62. The summed E-state index contributed by atoms with van der Waals surface area (Å²) in [5, 5.41) is 0. The maximum atomic E-state index is 12.7. The molecule has 156 valence electrons. The molecule has 0 spiro atoms. The first-order chi connectivity index (χ1) is 13.9. The number of carbonyl (C=O) groups excluding carboxylic acids is 2. The molecule has 0 radical (unpaired) electrons. The van der Waals surface area contributed by atoms with Crippen LogP contribution in [0.25, 0.3) is 0 Å². The zero-order valence-corrected chi connectivity index (χ0v) is 17.3. The van der Waals surface area contributed by atoms with Crippen LogP contribution in [0, 0.1) is 13.8 Å². The van der Waals surface area contributed by atoms with Crippen molar-refractivity contribution < 1.29 is 28.5 Å². The van der Waals surface area contributed by atoms with Crippen LogP contribution in [-0.2, 0) is 16.0 Å². The van der Waals surface area contributed by atoms with Crippen LogP contribution in [0.15, 0.2) is 24.3 Å². The number of ether oxygens (including phenoxy) is 4. The summed E-state index contributed by atoms with van der Waals surface area (Å²) in [4.78, 5) is 25.0. The molecule has 0 amide bonds. The number of Topliss-reactive ketones (excluding diaryl/α,β-unsaturated/α-hetero) is 1. The molecule has 1 saturated heterocycles. The van der Waals surface area contributed by atoms with Gasteiger partial charge in [0.1, 0.15) is 0 Å². The first-order valence-corrected chi connectivity index (χ1v) is 9.65. The van der Waals surface area contributed by atoms with Crippen LogP contribution in [-0.4, -0.2) is 49.9 Å². The van der Waals surface area contributed by atoms with Crippen molar-refractivity contribution >= 4 is 11.8 Å². The standard InChI is InChI=1S/C22H27NO6/c1-14-10-18(15(2)23(14)12-17-6-5-9-28-17)19(24)13-29-22(25)16-7-8-20(26-3)21(11-16)27-4/h7-8,10-11,17H,5-6,9,12-13H2,1-4H3. The second-order valence-electron chi connectivity index (χ2n) is 7.10. The molecule has 1 unspecified atom stereocenters. The average molecular weight is 401 g/mol. The largest absolute Gasteiger partial charge is 0.493 e. The lowest BCUT2D eigenvalue weighted by atomic mass is 10.1. The SMILES string of the molecule is COc1ccc(C(=O)OCC(=O)c2cc(C)n(CC3CCCO3)c2C)cc1OC. The Bertz CT molecular complexity index is 895. The second kappa shape index (κ2) is 9.13. The predicted molar refractivity (Wildman–Crippen MR) is 107 cm³/mol. The number of nitrogens with zero attached hydrogens (tertiary/aromatic N) is 1. The van der Waals surface area contributed by atoms with Crippen LogP contribution in [0.3, 0.4) is 0 Å². The van der Waals surface area contributed by atoms with E-state index in [1.807, 2.05) is 19.9 Å². The summed E-state index contributed by atoms with van der Waals surface area (Å²) in [5.74, 6) is 0.114. The van der Waals surface area contributed by atoms with Gasteiger partial charge in [0.2, 0.25) is 5.78 Å². The van der Waals surface area contributed by atoms with Gasteiger partial charge in [0.05, 0.1) is 25.9 Å². The Labute approximate surface area is 170 Å². The number of hydrogen-bond donors (Lipinski definition) is 0. The van der Waals surface area contributed by atoms with Crippen molar-refractivity contribution in [2.75, 3.05) is 27.4 Å². The molecule has 7 nitrogen and oxygen atoms in total. The fourth-order valence-corrected chi connectivity index (χ4v) is 3.61. The van der Waals surface area contributed by atoms with E-state index in [0.717, 1.165) is 37.4 Å². The van der Waals surface area contributed by atoms with Gasteiger partial charge in [0.25, 0.3) is 0 Å². The van der Waals surface area contributed by atoms with Crippen LogP contribution in [0.1, 0.15) is 44.9 Å². The highest BCUT2D eigenvalue weighted by molar-refractivity contribution is 6.00. The van der Waals surface area contributed by atoms with Crippen molar-refractivity contribution in [2.45, 2.75) is 39.3 Å². The van der Waals surface area contributed by atoms with Crippen LogP contribution < -0.4 is 9.47 Å². The molecule has 1 aliphatic heterocycles. The maximum absolute atomic E-state index is 12.7. The van der Waals surface area contributed by atoms with E-state index in [1.54, 1.807) is 12.1 Å². The van der Waals surface area contributed by atoms with Crippen molar-refractivity contribution in [1.29, 1.82) is 0 Å². The molecular weight excluding hydrogens is 374 g/mol. The second-order valence-corrected chi connectivity index (χ2v) is 7.10. The van der Waals surface area contributed by atoms with Gasteiger partial charge in [0.15, 0.2) is 18.1 Å². The van der Waals surface area contributed by atoms with Crippen LogP contribution in [0.5, 0.6) is 11.5 Å². The van der Waals surface area contributed by atoms with E-state index in [9.17, 15) is 9.59 Å². The molecule has 0 bridgehead atoms. The van der Waals surface area contributed by atoms with Gasteiger partial charge in [-0.1, -0.05) is 0 Å². The number of ketones is 1. The predicted octanol–water partition coefficient (Wildman–Crippen LogP) is 3.34. The van der Waals surface area contributed by atoms with E-state index in [0.29, 0.717) is 22.6 Å². The Balaban J connectivity index is 1.65. The molecule has 1 aliphatic rings. The number of carbonyl (C=O) groups is 2. The molecular formula is C22H27NO6. The van der Waals surface area contributed by atoms with Gasteiger partial charge < -0.3 is 23.5 Å². The normalized spacial score (nSPS) is 15.9. The Morgan fingerprint density at radius 2 is 1.90 bits per heavy atom. The monoisotopic (exact) mass is 401 g/mol. The summed E-state index contributed by atoms with van der Waals surface area (Å²) in [6.45, 7) is 5.08. The molecule has 3 rings (SSSR count). The van der Waals surface area contributed by atoms with E-state index in [2.05, 4.69) is 4.57 Å². The zero-order valence-electron chi connectivity index (χ0n) is 17.3. The fourth-order valence-electron chi connectivity index (χ4n) is 3.61. The number of methoxy groups -OCH3 is 2. The van der Waals surface area contributed by atoms with Gasteiger partial charge in [0, 0.05) is 30.1 Å². The van der Waals surface area contributed by atoms with Crippen molar-refractivity contribution in [3.63, 3.8) is 0 Å². The molecule has 1 atom stereocenters. The van der Waals surface area contributed by atoms with E-state index >= 15 is 0 Å². The molecule has 1 aromatic carbocycles. The van der Waals surface area contributed by atoms with Crippen molar-refractivity contribution in [1.82, 2.24) is 4.57 Å². The quantitative estimate of drug-likeness (QED) is 0.499. The number of benzene rings is 1. The van der Waals surface area contributed by atoms with Gasteiger partial charge in [-0.15, -0.1) is 0 Å². The average Bonchev–Trinajstić information content (AvgIpc) is 3.35. The first-order valence-electron chi connectivity index (χ1n) is 9.65. The Kier molecular flexibility index (Phi) is 6.59. The lowest BCUT2D eigenvalue weighted by Gasteiger charge is -2.14. The molecule has 2 aromatic rings. The minimum atomic E-state index is -0.590. The molecule has 7 heteroatoms. The smallest absolute Gasteiger partial charge is 0.338 e. The van der Waals surface area contributed by atoms with E-state index < -0.39 is 5.97 Å². The number of rotatable bonds is 8. The van der Waals surface area contributed by atoms with E-state index in [-0.39, 0.29) is 18.5 Å². The first kappa shape index (κ1) is 20.9. The molecule has 2 heterocycles. The highest BCUT2D eigenvalue weighted by atomic mass is 16.5. The van der Waals surface area contributed by atoms with Crippen molar-refractivity contribution in [3.8, 4) is 11.5 Å². The molecule has 0 aliphatic carbocycles. The highest BCUT2D eigenvalue weighted by Gasteiger charge is 2.22. The number of aromatic nitrogens is 1. The molecule has 29 heavy (non-hydrogen) atoms. The van der Waals surface area contributed by atoms with Gasteiger partial charge in [-0.05, 0) is 51.0 Å². The van der Waals surface area contributed by atoms with Crippen LogP contribution in [0.2, 0.25) is 0 Å². The van der Waals surface area contributed by atoms with Gasteiger partial charge in [-0.2, -0.15) is 0 Å². The highest BCUT2D eigenvalue weighted by Crippen LogP contribution is 2.28. The topological polar surface area (TPSA) is 76.0 Å². The van der Waals surface area contributed by atoms with E-state index in [4.69, 9.17) is 18.9 Å². The minimum Gasteiger partial charge on any atom is -0.493 e. The lowest BCUT2D eigenvalue weighted by Crippen LogP contribution is -2.18. The number of aryl methyl sites for hydroxylation is 1. The summed E-state index contributed by atoms with van der Waals surface area (Å²) >= 11 is 0. The zero-order chi connectivity index (χ0) is 21.0. The molecule has 1 fully saturated rings. The van der Waals surface area contributed by atoms with Crippen LogP contribution >= 0.6 is 0 Å². The molecule has 1 aromatic heterocycles. The third-order valence-electron chi connectivity index (χ3n) is 5.24. The Morgan fingerprint density at radius 1 is 1.14 bits per heavy atom. The number of hydrogen-bond acceptors (Lipinski definition) is 6. The van der Waals surface area contributed by atoms with Gasteiger partial charge in [-0.25, -0.2) is 4.79 Å². The molecule has 0 N–H and O–H groups in total. The van der Waals surface area contributed by atoms with Crippen molar-refractivity contribution in [3.05, 3.63) is 46.8 Å². The fraction of sp³-hybridized carbons (Fsp3) is 0.455. The maximum Gasteiger partial charge on any atom is 0.338 e. The number of esters is 1. The summed E-state index contributed by atoms with van der Waals surface area (Å²) in [6, 6.07) is 6.56. The van der Waals surface area contributed by atoms with Crippen molar-refractivity contribution in [2.24, 2.45) is 0 Å². The minimum absolute atomic E-state index is 0.186. The summed E-state index contributed by atoms with van der Waals surface area (Å²) in [5.41, 5.74) is 2.72. The van der Waals surface area contributed by atoms with Crippen LogP contribution in [0.4, 0.5) is 0 Å². The van der Waals surface area contributed by atoms with E-state index in [1.165, 1.54) is 20.3 Å². The summed E-state index contributed by atoms with van der Waals surface area (Å²) in [7, 11) is 3.01. The van der Waals surface area contributed by atoms with Gasteiger partial charge in [-0.3, -0.25) is 4.79 Å². The summed E-state index contributed by atoms with van der Waals surface area (Å²) < 4.78 is 23.4. The summed E-state index contributed by atoms with van der Waals surface area (Å²) in [6.07, 6.45) is 2.29. The Hall–Kier alpha value is -2.80. The Morgan fingerprint density at radius 3 is 2.55 bits per heavy atom. The third-order valence-corrected chi connectivity index (χ3v) is 5.24. The van der Waals surface area contributed by atoms with Gasteiger partial charge >= 0.3 is 5.97 Å². The molecule has 0 saturated carbocycles. The lowest BCUT2D eigenvalue weighted by molar-refractivity contribution is 0.0474.